The topological polar surface area (TPSA) is 107 Å². The van der Waals surface area contributed by atoms with Gasteiger partial charge in [-0.05, 0) is 56.0 Å². The van der Waals surface area contributed by atoms with Crippen molar-refractivity contribution in [3.05, 3.63) is 59.8 Å². The molecule has 1 aliphatic heterocycles. The molecule has 0 spiro atoms. The number of amides is 1. The van der Waals surface area contributed by atoms with E-state index in [1.165, 1.54) is 5.56 Å². The molecule has 4 aromatic rings. The number of hydrogen-bond acceptors (Lipinski definition) is 6. The molecule has 0 atom stereocenters. The summed E-state index contributed by atoms with van der Waals surface area (Å²) in [7, 11) is 0. The van der Waals surface area contributed by atoms with Gasteiger partial charge >= 0.3 is 0 Å². The van der Waals surface area contributed by atoms with Crippen LogP contribution in [0.5, 0.6) is 0 Å². The molecule has 0 unspecified atom stereocenters. The summed E-state index contributed by atoms with van der Waals surface area (Å²) >= 11 is 0. The van der Waals surface area contributed by atoms with E-state index in [1.54, 1.807) is 6.20 Å². The molecule has 3 N–H and O–H groups in total. The van der Waals surface area contributed by atoms with Gasteiger partial charge in [0.05, 0.1) is 22.2 Å². The smallest absolute Gasteiger partial charge is 0.220 e. The number of piperidine rings is 1. The van der Waals surface area contributed by atoms with Crippen molar-refractivity contribution in [1.82, 2.24) is 25.3 Å². The van der Waals surface area contributed by atoms with Crippen molar-refractivity contribution in [1.29, 1.82) is 0 Å². The molecule has 5 rings (SSSR count). The standard InChI is InChI=1S/C26H30N6O2/c1-17-13-18(2)25-21(14-17)30-23(31-25)3-4-24(33)29-16-26(34)7-11-32(12-8-26)22-6-10-28-20-5-9-27-15-19(20)22/h5-6,9-10,13-15,34H,3-4,7-8,11-12,16H2,1-2H3,(H,29,33)(H,30,31). The fraction of sp³-hybridized carbons (Fsp3) is 0.385. The highest BCUT2D eigenvalue weighted by Gasteiger charge is 2.33. The van der Waals surface area contributed by atoms with Crippen molar-refractivity contribution in [2.45, 2.75) is 45.1 Å². The number of aryl methyl sites for hydroxylation is 3. The molecule has 0 radical (unpaired) electrons. The predicted molar refractivity (Wildman–Crippen MR) is 133 cm³/mol. The van der Waals surface area contributed by atoms with Crippen LogP contribution in [0.2, 0.25) is 0 Å². The normalized spacial score (nSPS) is 15.7. The molecular weight excluding hydrogens is 428 g/mol. The summed E-state index contributed by atoms with van der Waals surface area (Å²) in [6.45, 7) is 5.78. The molecule has 1 saturated heterocycles. The van der Waals surface area contributed by atoms with Gasteiger partial charge in [-0.1, -0.05) is 6.07 Å². The fourth-order valence-corrected chi connectivity index (χ4v) is 4.82. The average molecular weight is 459 g/mol. The number of carbonyl (C=O) groups is 1. The van der Waals surface area contributed by atoms with Crippen molar-refractivity contribution in [3.63, 3.8) is 0 Å². The lowest BCUT2D eigenvalue weighted by molar-refractivity contribution is -0.122. The summed E-state index contributed by atoms with van der Waals surface area (Å²) < 4.78 is 0. The predicted octanol–water partition coefficient (Wildman–Crippen LogP) is 3.20. The van der Waals surface area contributed by atoms with Crippen LogP contribution in [0.1, 0.15) is 36.2 Å². The van der Waals surface area contributed by atoms with Crippen molar-refractivity contribution >= 4 is 33.5 Å². The van der Waals surface area contributed by atoms with Crippen molar-refractivity contribution in [2.24, 2.45) is 0 Å². The van der Waals surface area contributed by atoms with Crippen LogP contribution in [0.25, 0.3) is 21.9 Å². The average Bonchev–Trinajstić information content (AvgIpc) is 3.25. The maximum atomic E-state index is 12.5. The number of benzene rings is 1. The minimum Gasteiger partial charge on any atom is -0.388 e. The van der Waals surface area contributed by atoms with E-state index >= 15 is 0 Å². The quantitative estimate of drug-likeness (QED) is 0.410. The van der Waals surface area contributed by atoms with Gasteiger partial charge in [0.2, 0.25) is 5.91 Å². The van der Waals surface area contributed by atoms with Crippen LogP contribution in [0, 0.1) is 13.8 Å². The first-order valence-electron chi connectivity index (χ1n) is 11.8. The second-order valence-corrected chi connectivity index (χ2v) is 9.37. The first-order valence-corrected chi connectivity index (χ1v) is 11.8. The number of aliphatic hydroxyl groups is 1. The second-order valence-electron chi connectivity index (χ2n) is 9.37. The molecule has 1 fully saturated rings. The van der Waals surface area contributed by atoms with Crippen LogP contribution < -0.4 is 10.2 Å². The van der Waals surface area contributed by atoms with E-state index in [9.17, 15) is 9.90 Å². The minimum absolute atomic E-state index is 0.0737. The number of aromatic amines is 1. The van der Waals surface area contributed by atoms with Gasteiger partial charge in [-0.2, -0.15) is 0 Å². The number of hydrogen-bond donors (Lipinski definition) is 3. The molecule has 3 aromatic heterocycles. The molecule has 8 heteroatoms. The van der Waals surface area contributed by atoms with E-state index in [1.807, 2.05) is 31.5 Å². The van der Waals surface area contributed by atoms with Crippen LogP contribution in [0.4, 0.5) is 5.69 Å². The lowest BCUT2D eigenvalue weighted by atomic mass is 9.91. The molecular formula is C26H30N6O2. The molecule has 4 heterocycles. The fourth-order valence-electron chi connectivity index (χ4n) is 4.82. The monoisotopic (exact) mass is 458 g/mol. The van der Waals surface area contributed by atoms with Gasteiger partial charge in [0.15, 0.2) is 0 Å². The lowest BCUT2D eigenvalue weighted by Crippen LogP contribution is -2.51. The molecule has 34 heavy (non-hydrogen) atoms. The molecule has 1 aliphatic rings. The molecule has 0 saturated carbocycles. The Labute approximate surface area is 198 Å². The largest absolute Gasteiger partial charge is 0.388 e. The van der Waals surface area contributed by atoms with Crippen LogP contribution in [-0.2, 0) is 11.2 Å². The first-order chi connectivity index (χ1) is 16.4. The molecule has 1 aromatic carbocycles. The van der Waals surface area contributed by atoms with Crippen LogP contribution in [0.3, 0.4) is 0 Å². The van der Waals surface area contributed by atoms with Crippen LogP contribution in [-0.4, -0.2) is 56.2 Å². The zero-order valence-corrected chi connectivity index (χ0v) is 19.6. The molecule has 0 aliphatic carbocycles. The summed E-state index contributed by atoms with van der Waals surface area (Å²) in [5.41, 5.74) is 5.38. The maximum Gasteiger partial charge on any atom is 0.220 e. The molecule has 8 nitrogen and oxygen atoms in total. The Hall–Kier alpha value is -3.52. The van der Waals surface area contributed by atoms with E-state index in [0.29, 0.717) is 38.8 Å². The van der Waals surface area contributed by atoms with Gasteiger partial charge in [0.25, 0.3) is 0 Å². The van der Waals surface area contributed by atoms with E-state index in [4.69, 9.17) is 0 Å². The van der Waals surface area contributed by atoms with Crippen molar-refractivity contribution in [2.75, 3.05) is 24.5 Å². The Morgan fingerprint density at radius 3 is 2.85 bits per heavy atom. The van der Waals surface area contributed by atoms with E-state index in [-0.39, 0.29) is 12.5 Å². The maximum absolute atomic E-state index is 12.5. The highest BCUT2D eigenvalue weighted by molar-refractivity contribution is 5.90. The Bertz CT molecular complexity index is 1330. The van der Waals surface area contributed by atoms with Gasteiger partial charge in [-0.25, -0.2) is 4.98 Å². The van der Waals surface area contributed by atoms with Crippen LogP contribution in [0.15, 0.2) is 42.9 Å². The number of carbonyl (C=O) groups excluding carboxylic acids is 1. The third-order valence-electron chi connectivity index (χ3n) is 6.73. The molecule has 176 valence electrons. The highest BCUT2D eigenvalue weighted by atomic mass is 16.3. The van der Waals surface area contributed by atoms with E-state index in [2.05, 4.69) is 49.2 Å². The van der Waals surface area contributed by atoms with E-state index in [0.717, 1.165) is 39.0 Å². The van der Waals surface area contributed by atoms with Gasteiger partial charge in [-0.3, -0.25) is 14.8 Å². The summed E-state index contributed by atoms with van der Waals surface area (Å²) in [5.74, 6) is 0.736. The Balaban J connectivity index is 1.14. The zero-order valence-electron chi connectivity index (χ0n) is 19.6. The zero-order chi connectivity index (χ0) is 23.7. The summed E-state index contributed by atoms with van der Waals surface area (Å²) in [5, 5.41) is 15.0. The number of nitrogens with zero attached hydrogens (tertiary/aromatic N) is 4. The first kappa shape index (κ1) is 22.3. The number of rotatable bonds is 6. The number of imidazole rings is 1. The minimum atomic E-state index is -0.902. The Kier molecular flexibility index (Phi) is 5.91. The Morgan fingerprint density at radius 1 is 1.21 bits per heavy atom. The summed E-state index contributed by atoms with van der Waals surface area (Å²) in [6.07, 6.45) is 7.42. The lowest BCUT2D eigenvalue weighted by Gasteiger charge is -2.39. The second kappa shape index (κ2) is 9.02. The van der Waals surface area contributed by atoms with Gasteiger partial charge in [-0.15, -0.1) is 0 Å². The number of pyridine rings is 2. The summed E-state index contributed by atoms with van der Waals surface area (Å²) in [6, 6.07) is 8.09. The van der Waals surface area contributed by atoms with Gasteiger partial charge in [0.1, 0.15) is 5.82 Å². The highest BCUT2D eigenvalue weighted by Crippen LogP contribution is 2.30. The molecule has 0 bridgehead atoms. The third kappa shape index (κ3) is 4.59. The molecule has 1 amide bonds. The number of aromatic nitrogens is 4. The van der Waals surface area contributed by atoms with Crippen LogP contribution >= 0.6 is 0 Å². The Morgan fingerprint density at radius 2 is 2.03 bits per heavy atom. The number of anilines is 1. The third-order valence-corrected chi connectivity index (χ3v) is 6.73. The summed E-state index contributed by atoms with van der Waals surface area (Å²) in [4.78, 5) is 31.3. The van der Waals surface area contributed by atoms with Crippen molar-refractivity contribution in [3.8, 4) is 0 Å². The van der Waals surface area contributed by atoms with Crippen molar-refractivity contribution < 1.29 is 9.90 Å². The van der Waals surface area contributed by atoms with Gasteiger partial charge in [0, 0.05) is 62.1 Å². The number of fused-ring (bicyclic) bond motifs is 2. The SMILES string of the molecule is Cc1cc(C)c2nc(CCC(=O)NCC3(O)CCN(c4ccnc5ccncc45)CC3)[nH]c2c1. The van der Waals surface area contributed by atoms with Gasteiger partial charge < -0.3 is 20.3 Å². The number of nitrogens with one attached hydrogen (secondary N) is 2. The van der Waals surface area contributed by atoms with E-state index < -0.39 is 5.60 Å². The number of H-pyrrole nitrogens is 1.